The van der Waals surface area contributed by atoms with Gasteiger partial charge in [-0.3, -0.25) is 4.79 Å². The highest BCUT2D eigenvalue weighted by atomic mass is 32.2. The Labute approximate surface area is 186 Å². The lowest BCUT2D eigenvalue weighted by molar-refractivity contribution is -0.130. The summed E-state index contributed by atoms with van der Waals surface area (Å²) in [6.45, 7) is 0. The molecule has 0 aliphatic carbocycles. The molecule has 0 bridgehead atoms. The summed E-state index contributed by atoms with van der Waals surface area (Å²) in [7, 11) is 3.28. The van der Waals surface area contributed by atoms with Gasteiger partial charge in [0.05, 0.1) is 31.7 Å². The van der Waals surface area contributed by atoms with E-state index in [9.17, 15) is 4.79 Å². The van der Waals surface area contributed by atoms with Crippen LogP contribution in [0.3, 0.4) is 0 Å². The van der Waals surface area contributed by atoms with Gasteiger partial charge < -0.3 is 9.47 Å². The number of methoxy groups -OCH3 is 2. The summed E-state index contributed by atoms with van der Waals surface area (Å²) in [5.41, 5.74) is 2.98. The van der Waals surface area contributed by atoms with Gasteiger partial charge in [0.25, 0.3) is 5.91 Å². The third-order valence-corrected chi connectivity index (χ3v) is 6.23. The molecule has 0 radical (unpaired) electrons. The standard InChI is InChI=1S/C25H24N2O3S/c1-29-20-14-12-19(13-15-20)22-16-21(18-8-4-3-5-9-18)26-27(22)25(28)17-31-24-11-7-6-10-23(24)30-2/h3-15,22H,16-17H2,1-2H3. The molecule has 5 nitrogen and oxygen atoms in total. The van der Waals surface area contributed by atoms with Gasteiger partial charge >= 0.3 is 0 Å². The van der Waals surface area contributed by atoms with Gasteiger partial charge in [-0.25, -0.2) is 5.01 Å². The van der Waals surface area contributed by atoms with E-state index in [0.717, 1.165) is 33.2 Å². The minimum absolute atomic E-state index is 0.0392. The molecule has 1 unspecified atom stereocenters. The first-order valence-electron chi connectivity index (χ1n) is 10.0. The number of benzene rings is 3. The van der Waals surface area contributed by atoms with Crippen molar-refractivity contribution in [2.24, 2.45) is 5.10 Å². The van der Waals surface area contributed by atoms with E-state index in [1.54, 1.807) is 19.2 Å². The Balaban J connectivity index is 1.58. The van der Waals surface area contributed by atoms with Crippen LogP contribution in [0, 0.1) is 0 Å². The summed E-state index contributed by atoms with van der Waals surface area (Å²) in [6, 6.07) is 25.4. The van der Waals surface area contributed by atoms with Crippen LogP contribution in [0.2, 0.25) is 0 Å². The van der Waals surface area contributed by atoms with Crippen LogP contribution in [0.1, 0.15) is 23.6 Å². The van der Waals surface area contributed by atoms with Crippen LogP contribution in [0.25, 0.3) is 0 Å². The normalized spacial score (nSPS) is 15.5. The number of hydrogen-bond acceptors (Lipinski definition) is 5. The van der Waals surface area contributed by atoms with Crippen LogP contribution in [-0.4, -0.2) is 36.6 Å². The fraction of sp³-hybridized carbons (Fsp3) is 0.200. The highest BCUT2D eigenvalue weighted by Crippen LogP contribution is 2.35. The third-order valence-electron chi connectivity index (χ3n) is 5.19. The van der Waals surface area contributed by atoms with Gasteiger partial charge in [0.2, 0.25) is 0 Å². The first-order valence-corrected chi connectivity index (χ1v) is 11.0. The van der Waals surface area contributed by atoms with E-state index in [2.05, 4.69) is 0 Å². The Morgan fingerprint density at radius 2 is 1.68 bits per heavy atom. The van der Waals surface area contributed by atoms with E-state index in [-0.39, 0.29) is 17.7 Å². The number of amides is 1. The fourth-order valence-corrected chi connectivity index (χ4v) is 4.45. The van der Waals surface area contributed by atoms with Crippen LogP contribution in [-0.2, 0) is 4.79 Å². The second kappa shape index (κ2) is 9.71. The molecule has 1 atom stereocenters. The van der Waals surface area contributed by atoms with Crippen molar-refractivity contribution in [2.45, 2.75) is 17.4 Å². The molecular weight excluding hydrogens is 408 g/mol. The van der Waals surface area contributed by atoms with Crippen LogP contribution >= 0.6 is 11.8 Å². The molecule has 3 aromatic rings. The molecule has 31 heavy (non-hydrogen) atoms. The first kappa shape index (κ1) is 21.0. The van der Waals surface area contributed by atoms with Gasteiger partial charge in [0.1, 0.15) is 11.5 Å². The van der Waals surface area contributed by atoms with Crippen molar-refractivity contribution in [3.63, 3.8) is 0 Å². The van der Waals surface area contributed by atoms with Crippen molar-refractivity contribution in [3.05, 3.63) is 90.0 Å². The van der Waals surface area contributed by atoms with Crippen molar-refractivity contribution in [1.82, 2.24) is 5.01 Å². The molecule has 0 fully saturated rings. The zero-order chi connectivity index (χ0) is 21.6. The average molecular weight is 433 g/mol. The van der Waals surface area contributed by atoms with Crippen LogP contribution in [0.5, 0.6) is 11.5 Å². The van der Waals surface area contributed by atoms with E-state index in [1.165, 1.54) is 11.8 Å². The summed E-state index contributed by atoms with van der Waals surface area (Å²) < 4.78 is 10.7. The Morgan fingerprint density at radius 3 is 2.39 bits per heavy atom. The molecule has 0 saturated heterocycles. The maximum absolute atomic E-state index is 13.2. The van der Waals surface area contributed by atoms with E-state index < -0.39 is 0 Å². The molecule has 1 amide bonds. The van der Waals surface area contributed by atoms with Gasteiger partial charge in [-0.1, -0.05) is 54.6 Å². The number of rotatable bonds is 7. The Hall–Kier alpha value is -3.25. The molecule has 0 N–H and O–H groups in total. The maximum atomic E-state index is 13.2. The number of nitrogens with zero attached hydrogens (tertiary/aromatic N) is 2. The summed E-state index contributed by atoms with van der Waals surface area (Å²) in [5.74, 6) is 1.79. The lowest BCUT2D eigenvalue weighted by atomic mass is 9.98. The second-order valence-corrected chi connectivity index (χ2v) is 8.10. The summed E-state index contributed by atoms with van der Waals surface area (Å²) in [5, 5.41) is 6.37. The predicted molar refractivity (Wildman–Crippen MR) is 124 cm³/mol. The molecule has 1 aliphatic heterocycles. The molecule has 1 aliphatic rings. The maximum Gasteiger partial charge on any atom is 0.253 e. The Kier molecular flexibility index (Phi) is 6.57. The molecule has 0 aromatic heterocycles. The summed E-state index contributed by atoms with van der Waals surface area (Å²) >= 11 is 1.46. The Morgan fingerprint density at radius 1 is 0.968 bits per heavy atom. The number of para-hydroxylation sites is 1. The van der Waals surface area contributed by atoms with E-state index in [4.69, 9.17) is 14.6 Å². The minimum atomic E-state index is -0.146. The van der Waals surface area contributed by atoms with E-state index in [0.29, 0.717) is 6.42 Å². The largest absolute Gasteiger partial charge is 0.497 e. The number of hydrogen-bond donors (Lipinski definition) is 0. The molecule has 1 heterocycles. The molecular formula is C25H24N2O3S. The van der Waals surface area contributed by atoms with Gasteiger partial charge in [0, 0.05) is 11.3 Å². The van der Waals surface area contributed by atoms with Crippen LogP contribution < -0.4 is 9.47 Å². The fourth-order valence-electron chi connectivity index (χ4n) is 3.57. The quantitative estimate of drug-likeness (QED) is 0.483. The van der Waals surface area contributed by atoms with Crippen molar-refractivity contribution in [1.29, 1.82) is 0 Å². The van der Waals surface area contributed by atoms with E-state index >= 15 is 0 Å². The topological polar surface area (TPSA) is 51.1 Å². The molecule has 158 valence electrons. The zero-order valence-corrected chi connectivity index (χ0v) is 18.3. The van der Waals surface area contributed by atoms with Crippen molar-refractivity contribution >= 4 is 23.4 Å². The SMILES string of the molecule is COc1ccc(C2CC(c3ccccc3)=NN2C(=O)CSc2ccccc2OC)cc1. The van der Waals surface area contributed by atoms with Gasteiger partial charge in [-0.2, -0.15) is 5.10 Å². The van der Waals surface area contributed by atoms with Gasteiger partial charge in [-0.05, 0) is 35.4 Å². The number of carbonyl (C=O) groups excluding carboxylic acids is 1. The monoisotopic (exact) mass is 432 g/mol. The number of ether oxygens (including phenoxy) is 2. The highest BCUT2D eigenvalue weighted by Gasteiger charge is 2.33. The average Bonchev–Trinajstić information content (AvgIpc) is 3.29. The molecule has 4 rings (SSSR count). The summed E-state index contributed by atoms with van der Waals surface area (Å²) in [6.07, 6.45) is 0.668. The van der Waals surface area contributed by atoms with Crippen molar-refractivity contribution in [3.8, 4) is 11.5 Å². The molecule has 0 spiro atoms. The lowest BCUT2D eigenvalue weighted by Crippen LogP contribution is -2.28. The Bertz CT molecular complexity index is 1070. The third kappa shape index (κ3) is 4.75. The zero-order valence-electron chi connectivity index (χ0n) is 17.5. The number of hydrazone groups is 1. The lowest BCUT2D eigenvalue weighted by Gasteiger charge is -2.22. The molecule has 6 heteroatoms. The summed E-state index contributed by atoms with van der Waals surface area (Å²) in [4.78, 5) is 14.2. The van der Waals surface area contributed by atoms with Crippen LogP contribution in [0.15, 0.2) is 88.9 Å². The molecule has 3 aromatic carbocycles. The van der Waals surface area contributed by atoms with Gasteiger partial charge in [-0.15, -0.1) is 11.8 Å². The smallest absolute Gasteiger partial charge is 0.253 e. The van der Waals surface area contributed by atoms with Crippen LogP contribution in [0.4, 0.5) is 0 Å². The number of thioether (sulfide) groups is 1. The highest BCUT2D eigenvalue weighted by molar-refractivity contribution is 8.00. The predicted octanol–water partition coefficient (Wildman–Crippen LogP) is 5.17. The van der Waals surface area contributed by atoms with Crippen molar-refractivity contribution in [2.75, 3.05) is 20.0 Å². The first-order chi connectivity index (χ1) is 15.2. The van der Waals surface area contributed by atoms with E-state index in [1.807, 2.05) is 78.9 Å². The molecule has 0 saturated carbocycles. The second-order valence-electron chi connectivity index (χ2n) is 7.08. The van der Waals surface area contributed by atoms with Gasteiger partial charge in [0.15, 0.2) is 0 Å². The van der Waals surface area contributed by atoms with Crippen molar-refractivity contribution < 1.29 is 14.3 Å². The minimum Gasteiger partial charge on any atom is -0.497 e. The number of carbonyl (C=O) groups is 1.